The van der Waals surface area contributed by atoms with Crippen LogP contribution >= 0.6 is 11.6 Å². The first-order valence-electron chi connectivity index (χ1n) is 5.99. The molecule has 1 aromatic carbocycles. The molecule has 0 saturated heterocycles. The maximum Gasteiger partial charge on any atom is 0.240 e. The van der Waals surface area contributed by atoms with Gasteiger partial charge in [-0.05, 0) is 37.3 Å². The van der Waals surface area contributed by atoms with Crippen LogP contribution in [0.15, 0.2) is 39.6 Å². The van der Waals surface area contributed by atoms with Crippen molar-refractivity contribution in [3.63, 3.8) is 0 Å². The van der Waals surface area contributed by atoms with Crippen LogP contribution in [-0.2, 0) is 10.0 Å². The number of furan rings is 1. The van der Waals surface area contributed by atoms with Gasteiger partial charge in [0.2, 0.25) is 10.0 Å². The lowest BCUT2D eigenvalue weighted by Crippen LogP contribution is -2.28. The normalized spacial score (nSPS) is 13.3. The number of hydrogen-bond acceptors (Lipinski definition) is 4. The average Bonchev–Trinajstić information content (AvgIpc) is 2.86. The molecule has 1 heterocycles. The third-order valence-corrected chi connectivity index (χ3v) is 4.47. The summed E-state index contributed by atoms with van der Waals surface area (Å²) < 4.78 is 44.4. The van der Waals surface area contributed by atoms with Crippen LogP contribution in [0.2, 0.25) is 5.02 Å². The van der Waals surface area contributed by atoms with Crippen molar-refractivity contribution in [3.05, 3.63) is 52.7 Å². The van der Waals surface area contributed by atoms with Crippen molar-refractivity contribution in [3.8, 4) is 0 Å². The fourth-order valence-electron chi connectivity index (χ4n) is 1.65. The Morgan fingerprint density at radius 3 is 2.67 bits per heavy atom. The van der Waals surface area contributed by atoms with E-state index < -0.39 is 21.9 Å². The number of aliphatic hydroxyl groups excluding tert-OH is 1. The van der Waals surface area contributed by atoms with Gasteiger partial charge in [0, 0.05) is 6.54 Å². The molecule has 114 valence electrons. The molecular formula is C13H13ClFNO4S. The Balaban J connectivity index is 2.09. The lowest BCUT2D eigenvalue weighted by atomic mass is 10.3. The molecule has 5 nitrogen and oxygen atoms in total. The van der Waals surface area contributed by atoms with Crippen molar-refractivity contribution >= 4 is 21.6 Å². The molecule has 0 spiro atoms. The van der Waals surface area contributed by atoms with Crippen LogP contribution < -0.4 is 4.72 Å². The van der Waals surface area contributed by atoms with E-state index in [0.29, 0.717) is 5.76 Å². The minimum Gasteiger partial charge on any atom is -0.464 e. The zero-order valence-corrected chi connectivity index (χ0v) is 12.6. The van der Waals surface area contributed by atoms with E-state index in [9.17, 15) is 17.9 Å². The van der Waals surface area contributed by atoms with Crippen molar-refractivity contribution in [1.29, 1.82) is 0 Å². The molecule has 0 saturated carbocycles. The van der Waals surface area contributed by atoms with Crippen LogP contribution in [0.25, 0.3) is 0 Å². The van der Waals surface area contributed by atoms with Gasteiger partial charge in [0.1, 0.15) is 23.4 Å². The second kappa shape index (κ2) is 6.15. The summed E-state index contributed by atoms with van der Waals surface area (Å²) in [6, 6.07) is 6.27. The van der Waals surface area contributed by atoms with E-state index in [0.717, 1.165) is 18.2 Å². The summed E-state index contributed by atoms with van der Waals surface area (Å²) in [7, 11) is -3.90. The smallest absolute Gasteiger partial charge is 0.240 e. The van der Waals surface area contributed by atoms with Crippen LogP contribution in [0.3, 0.4) is 0 Å². The van der Waals surface area contributed by atoms with Crippen LogP contribution in [0.1, 0.15) is 17.6 Å². The van der Waals surface area contributed by atoms with E-state index in [1.54, 1.807) is 19.1 Å². The lowest BCUT2D eigenvalue weighted by molar-refractivity contribution is 0.152. The van der Waals surface area contributed by atoms with Gasteiger partial charge in [0.25, 0.3) is 0 Å². The van der Waals surface area contributed by atoms with Crippen LogP contribution in [0, 0.1) is 12.7 Å². The number of sulfonamides is 1. The number of aliphatic hydroxyl groups is 1. The number of rotatable bonds is 5. The monoisotopic (exact) mass is 333 g/mol. The average molecular weight is 334 g/mol. The fraction of sp³-hybridized carbons (Fsp3) is 0.231. The molecule has 0 aliphatic carbocycles. The van der Waals surface area contributed by atoms with Crippen LogP contribution in [0.4, 0.5) is 4.39 Å². The van der Waals surface area contributed by atoms with E-state index in [1.807, 2.05) is 0 Å². The Morgan fingerprint density at radius 1 is 1.38 bits per heavy atom. The summed E-state index contributed by atoms with van der Waals surface area (Å²) in [6.07, 6.45) is -1.12. The molecule has 1 atom stereocenters. The van der Waals surface area contributed by atoms with Crippen molar-refractivity contribution in [2.24, 2.45) is 0 Å². The minimum absolute atomic E-state index is 0.184. The van der Waals surface area contributed by atoms with E-state index in [4.69, 9.17) is 16.0 Å². The first-order valence-corrected chi connectivity index (χ1v) is 7.85. The van der Waals surface area contributed by atoms with E-state index in [-0.39, 0.29) is 22.2 Å². The molecule has 0 aliphatic heterocycles. The second-order valence-corrected chi connectivity index (χ2v) is 6.57. The molecule has 2 rings (SSSR count). The molecule has 0 amide bonds. The predicted molar refractivity (Wildman–Crippen MR) is 75.0 cm³/mol. The summed E-state index contributed by atoms with van der Waals surface area (Å²) in [4.78, 5) is -0.184. The molecule has 0 radical (unpaired) electrons. The van der Waals surface area contributed by atoms with Gasteiger partial charge in [-0.2, -0.15) is 0 Å². The zero-order valence-electron chi connectivity index (χ0n) is 11.0. The third kappa shape index (κ3) is 3.82. The number of aryl methyl sites for hydroxylation is 1. The predicted octanol–water partition coefficient (Wildman–Crippen LogP) is 2.39. The number of hydrogen-bond donors (Lipinski definition) is 2. The van der Waals surface area contributed by atoms with Gasteiger partial charge in [-0.1, -0.05) is 11.6 Å². The van der Waals surface area contributed by atoms with Gasteiger partial charge >= 0.3 is 0 Å². The maximum absolute atomic E-state index is 13.0. The van der Waals surface area contributed by atoms with Crippen molar-refractivity contribution in [2.45, 2.75) is 17.9 Å². The van der Waals surface area contributed by atoms with Crippen LogP contribution in [0.5, 0.6) is 0 Å². The molecule has 1 unspecified atom stereocenters. The first-order chi connectivity index (χ1) is 9.79. The molecule has 8 heteroatoms. The highest BCUT2D eigenvalue weighted by atomic mass is 35.5. The van der Waals surface area contributed by atoms with Gasteiger partial charge < -0.3 is 9.52 Å². The Hall–Kier alpha value is -1.41. The molecular weight excluding hydrogens is 321 g/mol. The molecule has 1 aromatic heterocycles. The molecule has 0 bridgehead atoms. The molecule has 2 aromatic rings. The van der Waals surface area contributed by atoms with Crippen LogP contribution in [-0.4, -0.2) is 20.1 Å². The van der Waals surface area contributed by atoms with Crippen molar-refractivity contribution < 1.29 is 22.3 Å². The topological polar surface area (TPSA) is 79.5 Å². The van der Waals surface area contributed by atoms with Gasteiger partial charge in [-0.25, -0.2) is 17.5 Å². The molecule has 0 aliphatic rings. The highest BCUT2D eigenvalue weighted by molar-refractivity contribution is 7.89. The van der Waals surface area contributed by atoms with E-state index in [2.05, 4.69) is 4.72 Å². The Labute approximate surface area is 126 Å². The number of benzene rings is 1. The highest BCUT2D eigenvalue weighted by Crippen LogP contribution is 2.20. The standard InChI is InChI=1S/C13H13ClFNO4S/c1-8-2-5-13(20-8)12(17)7-16-21(18,19)9-3-4-11(15)10(14)6-9/h2-6,12,16-17H,7H2,1H3. The Morgan fingerprint density at radius 2 is 2.10 bits per heavy atom. The largest absolute Gasteiger partial charge is 0.464 e. The SMILES string of the molecule is Cc1ccc(C(O)CNS(=O)(=O)c2ccc(F)c(Cl)c2)o1. The minimum atomic E-state index is -3.90. The van der Waals surface area contributed by atoms with Gasteiger partial charge in [-0.15, -0.1) is 0 Å². The quantitative estimate of drug-likeness (QED) is 0.880. The number of nitrogens with one attached hydrogen (secondary N) is 1. The number of halogens is 2. The molecule has 2 N–H and O–H groups in total. The van der Waals surface area contributed by atoms with Crippen molar-refractivity contribution in [2.75, 3.05) is 6.54 Å². The molecule has 0 fully saturated rings. The summed E-state index contributed by atoms with van der Waals surface area (Å²) in [6.45, 7) is 1.44. The van der Waals surface area contributed by atoms with Gasteiger partial charge in [-0.3, -0.25) is 0 Å². The first kappa shape index (κ1) is 16.0. The van der Waals surface area contributed by atoms with E-state index in [1.165, 1.54) is 0 Å². The summed E-state index contributed by atoms with van der Waals surface area (Å²) in [5.74, 6) is 0.159. The van der Waals surface area contributed by atoms with E-state index >= 15 is 0 Å². The maximum atomic E-state index is 13.0. The fourth-order valence-corrected chi connectivity index (χ4v) is 2.96. The summed E-state index contributed by atoms with van der Waals surface area (Å²) >= 11 is 5.55. The zero-order chi connectivity index (χ0) is 15.6. The summed E-state index contributed by atoms with van der Waals surface area (Å²) in [5, 5.41) is 9.54. The summed E-state index contributed by atoms with van der Waals surface area (Å²) in [5.41, 5.74) is 0. The lowest BCUT2D eigenvalue weighted by Gasteiger charge is -2.10. The van der Waals surface area contributed by atoms with Gasteiger partial charge in [0.15, 0.2) is 0 Å². The third-order valence-electron chi connectivity index (χ3n) is 2.76. The Kier molecular flexibility index (Phi) is 4.67. The van der Waals surface area contributed by atoms with Crippen molar-refractivity contribution in [1.82, 2.24) is 4.72 Å². The molecule has 21 heavy (non-hydrogen) atoms. The highest BCUT2D eigenvalue weighted by Gasteiger charge is 2.19. The Bertz CT molecular complexity index is 744. The van der Waals surface area contributed by atoms with Gasteiger partial charge in [0.05, 0.1) is 9.92 Å². The second-order valence-electron chi connectivity index (χ2n) is 4.39.